The summed E-state index contributed by atoms with van der Waals surface area (Å²) in [6, 6.07) is 0.853. The molecule has 30 heavy (non-hydrogen) atoms. The lowest BCUT2D eigenvalue weighted by molar-refractivity contribution is -0.130. The van der Waals surface area contributed by atoms with Gasteiger partial charge in [-0.25, -0.2) is 0 Å². The standard InChI is InChI=1S/C27H45NO2/c1-15-4-7-25-16(2)18-5-6-19-20(22(18)14-28(25)13-15)11-23-21(19)12-26(30)24-10-17(29)8-9-27(23,24)3/h15-26,29-30H,4-14H2,1-3H3/t15-,16+,17-,18-,19-,20+,21-,22+,23+,24+,25-,26+,27+/m0/s1. The number of hydrogen-bond acceptors (Lipinski definition) is 3. The minimum Gasteiger partial charge on any atom is -0.393 e. The third-order valence-corrected chi connectivity index (χ3v) is 12.0. The van der Waals surface area contributed by atoms with Crippen LogP contribution in [-0.2, 0) is 0 Å². The van der Waals surface area contributed by atoms with Gasteiger partial charge in [0.05, 0.1) is 12.2 Å². The lowest BCUT2D eigenvalue weighted by atomic mass is 9.51. The number of aliphatic hydroxyl groups is 2. The number of aliphatic hydroxyl groups excluding tert-OH is 2. The van der Waals surface area contributed by atoms with E-state index in [0.717, 1.165) is 79.1 Å². The van der Waals surface area contributed by atoms with Crippen molar-refractivity contribution >= 4 is 0 Å². The quantitative estimate of drug-likeness (QED) is 0.609. The van der Waals surface area contributed by atoms with Crippen molar-refractivity contribution < 1.29 is 10.2 Å². The summed E-state index contributed by atoms with van der Waals surface area (Å²) in [5.74, 6) is 7.22. The molecule has 6 rings (SSSR count). The molecule has 170 valence electrons. The molecule has 0 bridgehead atoms. The van der Waals surface area contributed by atoms with Gasteiger partial charge in [-0.15, -0.1) is 0 Å². The highest BCUT2D eigenvalue weighted by Crippen LogP contribution is 2.67. The third kappa shape index (κ3) is 2.86. The van der Waals surface area contributed by atoms with Crippen LogP contribution >= 0.6 is 0 Å². The number of rotatable bonds is 0. The van der Waals surface area contributed by atoms with Gasteiger partial charge in [-0.2, -0.15) is 0 Å². The molecular formula is C27H45NO2. The molecule has 4 aliphatic carbocycles. The predicted molar refractivity (Wildman–Crippen MR) is 120 cm³/mol. The zero-order chi connectivity index (χ0) is 20.8. The summed E-state index contributed by atoms with van der Waals surface area (Å²) in [4.78, 5) is 2.92. The second-order valence-corrected chi connectivity index (χ2v) is 13.1. The molecule has 13 atom stereocenters. The molecule has 2 N–H and O–H groups in total. The van der Waals surface area contributed by atoms with E-state index in [2.05, 4.69) is 25.7 Å². The van der Waals surface area contributed by atoms with Crippen LogP contribution in [0.3, 0.4) is 0 Å². The minimum absolute atomic E-state index is 0.180. The van der Waals surface area contributed by atoms with Gasteiger partial charge >= 0.3 is 0 Å². The van der Waals surface area contributed by atoms with E-state index < -0.39 is 0 Å². The largest absolute Gasteiger partial charge is 0.393 e. The Morgan fingerprint density at radius 2 is 1.53 bits per heavy atom. The van der Waals surface area contributed by atoms with Crippen LogP contribution in [0.4, 0.5) is 0 Å². The molecule has 3 heteroatoms. The zero-order valence-electron chi connectivity index (χ0n) is 19.5. The summed E-state index contributed by atoms with van der Waals surface area (Å²) in [7, 11) is 0. The molecule has 3 nitrogen and oxygen atoms in total. The fourth-order valence-electron chi connectivity index (χ4n) is 10.6. The van der Waals surface area contributed by atoms with Crippen LogP contribution in [0.25, 0.3) is 0 Å². The van der Waals surface area contributed by atoms with Crippen LogP contribution < -0.4 is 0 Å². The lowest BCUT2D eigenvalue weighted by Crippen LogP contribution is -2.58. The van der Waals surface area contributed by atoms with E-state index in [1.165, 1.54) is 45.2 Å². The Balaban J connectivity index is 1.28. The average molecular weight is 416 g/mol. The molecule has 0 aromatic heterocycles. The van der Waals surface area contributed by atoms with Crippen molar-refractivity contribution in [1.29, 1.82) is 0 Å². The number of fused-ring (bicyclic) bond motifs is 8. The Morgan fingerprint density at radius 3 is 2.37 bits per heavy atom. The average Bonchev–Trinajstić information content (AvgIpc) is 3.09. The first-order valence-corrected chi connectivity index (χ1v) is 13.5. The summed E-state index contributed by atoms with van der Waals surface area (Å²) in [6.45, 7) is 10.3. The van der Waals surface area contributed by atoms with Gasteiger partial charge in [0, 0.05) is 19.1 Å². The SMILES string of the molecule is C[C@H]1CC[C@H]2[C@H](C)[C@@H]3CC[C@H]4[C@@H](C[C@@H]5[C@H]4C[C@@H](O)[C@H]4C[C@@H](O)CC[C@]54C)[C@@H]3CN2C1. The molecule has 0 aromatic carbocycles. The maximum Gasteiger partial charge on any atom is 0.0577 e. The van der Waals surface area contributed by atoms with Crippen molar-refractivity contribution in [3.05, 3.63) is 0 Å². The highest BCUT2D eigenvalue weighted by Gasteiger charge is 2.62. The zero-order valence-corrected chi connectivity index (χ0v) is 19.5. The molecule has 6 fully saturated rings. The van der Waals surface area contributed by atoms with Gasteiger partial charge in [0.25, 0.3) is 0 Å². The molecule has 0 aromatic rings. The molecule has 4 saturated carbocycles. The van der Waals surface area contributed by atoms with Crippen molar-refractivity contribution in [3.63, 3.8) is 0 Å². The summed E-state index contributed by atoms with van der Waals surface area (Å²) in [5, 5.41) is 21.5. The van der Waals surface area contributed by atoms with Gasteiger partial charge in [-0.1, -0.05) is 20.8 Å². The van der Waals surface area contributed by atoms with Crippen molar-refractivity contribution in [3.8, 4) is 0 Å². The van der Waals surface area contributed by atoms with Gasteiger partial charge in [0.15, 0.2) is 0 Å². The molecule has 0 unspecified atom stereocenters. The fourth-order valence-corrected chi connectivity index (χ4v) is 10.6. The van der Waals surface area contributed by atoms with Gasteiger partial charge in [0.2, 0.25) is 0 Å². The third-order valence-electron chi connectivity index (χ3n) is 12.0. The first-order valence-electron chi connectivity index (χ1n) is 13.5. The van der Waals surface area contributed by atoms with E-state index in [-0.39, 0.29) is 17.6 Å². The van der Waals surface area contributed by atoms with E-state index in [1.807, 2.05) is 0 Å². The smallest absolute Gasteiger partial charge is 0.0577 e. The van der Waals surface area contributed by atoms with Crippen LogP contribution in [0, 0.1) is 58.7 Å². The van der Waals surface area contributed by atoms with E-state index >= 15 is 0 Å². The van der Waals surface area contributed by atoms with Gasteiger partial charge < -0.3 is 10.2 Å². The Kier molecular flexibility index (Phi) is 4.91. The number of hydrogen-bond donors (Lipinski definition) is 2. The maximum absolute atomic E-state index is 11.2. The van der Waals surface area contributed by atoms with E-state index in [4.69, 9.17) is 0 Å². The van der Waals surface area contributed by atoms with Crippen molar-refractivity contribution in [1.82, 2.24) is 4.90 Å². The Morgan fingerprint density at radius 1 is 0.733 bits per heavy atom. The highest BCUT2D eigenvalue weighted by molar-refractivity contribution is 5.12. The van der Waals surface area contributed by atoms with Crippen LogP contribution in [0.1, 0.15) is 78.6 Å². The van der Waals surface area contributed by atoms with E-state index in [1.54, 1.807) is 0 Å². The topological polar surface area (TPSA) is 43.7 Å². The fraction of sp³-hybridized carbons (Fsp3) is 1.00. The van der Waals surface area contributed by atoms with Crippen molar-refractivity contribution in [2.75, 3.05) is 13.1 Å². The Bertz CT molecular complexity index is 665. The first-order chi connectivity index (χ1) is 14.4. The monoisotopic (exact) mass is 415 g/mol. The normalized spacial score (nSPS) is 60.7. The second kappa shape index (κ2) is 7.19. The van der Waals surface area contributed by atoms with E-state index in [9.17, 15) is 10.2 Å². The summed E-state index contributed by atoms with van der Waals surface area (Å²) < 4.78 is 0. The lowest BCUT2D eigenvalue weighted by Gasteiger charge is -2.56. The second-order valence-electron chi connectivity index (χ2n) is 13.1. The van der Waals surface area contributed by atoms with Crippen LogP contribution in [0.15, 0.2) is 0 Å². The van der Waals surface area contributed by atoms with Crippen LogP contribution in [-0.4, -0.2) is 46.5 Å². The summed E-state index contributed by atoms with van der Waals surface area (Å²) >= 11 is 0. The molecular weight excluding hydrogens is 370 g/mol. The summed E-state index contributed by atoms with van der Waals surface area (Å²) in [5.41, 5.74) is 0.261. The first kappa shape index (κ1) is 20.5. The van der Waals surface area contributed by atoms with Gasteiger partial charge in [-0.3, -0.25) is 4.90 Å². The molecule has 2 saturated heterocycles. The van der Waals surface area contributed by atoms with Crippen LogP contribution in [0.5, 0.6) is 0 Å². The Hall–Kier alpha value is -0.120. The highest BCUT2D eigenvalue weighted by atomic mass is 16.3. The summed E-state index contributed by atoms with van der Waals surface area (Å²) in [6.07, 6.45) is 10.7. The Labute approximate surface area is 184 Å². The molecule has 2 heterocycles. The molecule has 0 radical (unpaired) electrons. The number of piperidine rings is 2. The predicted octanol–water partition coefficient (Wildman–Crippen LogP) is 4.56. The van der Waals surface area contributed by atoms with E-state index in [0.29, 0.717) is 5.92 Å². The van der Waals surface area contributed by atoms with Crippen molar-refractivity contribution in [2.45, 2.75) is 96.8 Å². The van der Waals surface area contributed by atoms with Crippen molar-refractivity contribution in [2.24, 2.45) is 58.7 Å². The molecule has 6 aliphatic rings. The molecule has 2 aliphatic heterocycles. The van der Waals surface area contributed by atoms with Gasteiger partial charge in [0.1, 0.15) is 0 Å². The number of nitrogens with zero attached hydrogens (tertiary/aromatic N) is 1. The maximum atomic E-state index is 11.2. The molecule has 0 amide bonds. The van der Waals surface area contributed by atoms with Crippen LogP contribution in [0.2, 0.25) is 0 Å². The minimum atomic E-state index is -0.181. The van der Waals surface area contributed by atoms with Gasteiger partial charge in [-0.05, 0) is 116 Å². The molecule has 0 spiro atoms.